The highest BCUT2D eigenvalue weighted by atomic mass is 16.1. The van der Waals surface area contributed by atoms with Crippen LogP contribution >= 0.6 is 0 Å². The molecule has 0 aliphatic rings. The molecule has 1 atom stereocenters. The van der Waals surface area contributed by atoms with E-state index in [2.05, 4.69) is 20.3 Å². The largest absolute Gasteiger partial charge is 0.340 e. The van der Waals surface area contributed by atoms with E-state index in [1.165, 1.54) is 0 Å². The highest BCUT2D eigenvalue weighted by Gasteiger charge is 2.21. The van der Waals surface area contributed by atoms with E-state index < -0.39 is 0 Å². The predicted molar refractivity (Wildman–Crippen MR) is 96.1 cm³/mol. The average Bonchev–Trinajstić information content (AvgIpc) is 3.11. The maximum atomic E-state index is 12.6. The molecule has 0 saturated heterocycles. The number of hydrogen-bond acceptors (Lipinski definition) is 3. The predicted octanol–water partition coefficient (Wildman–Crippen LogP) is 3.48. The van der Waals surface area contributed by atoms with Crippen LogP contribution in [0.2, 0.25) is 0 Å². The number of nitrogens with one attached hydrogen (secondary N) is 2. The fourth-order valence-electron chi connectivity index (χ4n) is 2.77. The molecule has 0 saturated carbocycles. The van der Waals surface area contributed by atoms with E-state index in [4.69, 9.17) is 0 Å². The van der Waals surface area contributed by atoms with Gasteiger partial charge < -0.3 is 10.3 Å². The first-order valence-electron chi connectivity index (χ1n) is 8.03. The second-order valence-electron chi connectivity index (χ2n) is 5.67. The molecule has 0 spiro atoms. The minimum absolute atomic E-state index is 0.241. The molecule has 122 valence electrons. The second-order valence-corrected chi connectivity index (χ2v) is 5.67. The van der Waals surface area contributed by atoms with Crippen molar-refractivity contribution in [3.05, 3.63) is 96.1 Å². The van der Waals surface area contributed by atoms with E-state index in [1.807, 2.05) is 54.6 Å². The van der Waals surface area contributed by atoms with E-state index in [1.54, 1.807) is 24.4 Å². The summed E-state index contributed by atoms with van der Waals surface area (Å²) >= 11 is 0. The number of carbonyl (C=O) groups excluding carboxylic acids is 1. The molecular weight excluding hydrogens is 312 g/mol. The van der Waals surface area contributed by atoms with E-state index >= 15 is 0 Å². The minimum atomic E-state index is -0.386. The van der Waals surface area contributed by atoms with Crippen LogP contribution in [-0.4, -0.2) is 20.9 Å². The molecule has 2 aromatic carbocycles. The molecule has 0 aliphatic carbocycles. The van der Waals surface area contributed by atoms with Crippen molar-refractivity contribution in [3.8, 4) is 0 Å². The van der Waals surface area contributed by atoms with E-state index in [0.29, 0.717) is 11.5 Å². The Morgan fingerprint density at radius 2 is 1.68 bits per heavy atom. The number of carbonyl (C=O) groups is 1. The highest BCUT2D eigenvalue weighted by molar-refractivity contribution is 5.92. The van der Waals surface area contributed by atoms with Gasteiger partial charge >= 0.3 is 0 Å². The van der Waals surface area contributed by atoms with Gasteiger partial charge in [0, 0.05) is 6.20 Å². The van der Waals surface area contributed by atoms with Crippen molar-refractivity contribution in [2.24, 2.45) is 0 Å². The third-order valence-electron chi connectivity index (χ3n) is 3.99. The summed E-state index contributed by atoms with van der Waals surface area (Å²) in [4.78, 5) is 24.7. The molecule has 1 amide bonds. The molecule has 0 aliphatic heterocycles. The maximum absolute atomic E-state index is 12.6. The molecular formula is C20H16N4O. The van der Waals surface area contributed by atoms with Gasteiger partial charge in [-0.25, -0.2) is 4.98 Å². The summed E-state index contributed by atoms with van der Waals surface area (Å²) in [6, 6.07) is 22.4. The molecule has 25 heavy (non-hydrogen) atoms. The quantitative estimate of drug-likeness (QED) is 0.602. The number of rotatable bonds is 4. The second kappa shape index (κ2) is 6.57. The van der Waals surface area contributed by atoms with Gasteiger partial charge in [0.1, 0.15) is 17.6 Å². The summed E-state index contributed by atoms with van der Waals surface area (Å²) in [5.74, 6) is 0.451. The lowest BCUT2D eigenvalue weighted by atomic mass is 10.1. The number of para-hydroxylation sites is 2. The van der Waals surface area contributed by atoms with Gasteiger partial charge in [0.25, 0.3) is 5.91 Å². The summed E-state index contributed by atoms with van der Waals surface area (Å²) in [6.45, 7) is 0. The zero-order valence-corrected chi connectivity index (χ0v) is 13.4. The summed E-state index contributed by atoms with van der Waals surface area (Å²) < 4.78 is 0. The Kier molecular flexibility index (Phi) is 3.96. The number of aromatic amines is 1. The Hall–Kier alpha value is -3.47. The lowest BCUT2D eigenvalue weighted by Gasteiger charge is -2.17. The van der Waals surface area contributed by atoms with Crippen LogP contribution in [0.4, 0.5) is 0 Å². The Morgan fingerprint density at radius 3 is 2.44 bits per heavy atom. The average molecular weight is 328 g/mol. The zero-order valence-electron chi connectivity index (χ0n) is 13.4. The van der Waals surface area contributed by atoms with Gasteiger partial charge in [0.2, 0.25) is 0 Å². The van der Waals surface area contributed by atoms with Crippen LogP contribution in [-0.2, 0) is 0 Å². The topological polar surface area (TPSA) is 70.7 Å². The minimum Gasteiger partial charge on any atom is -0.340 e. The summed E-state index contributed by atoms with van der Waals surface area (Å²) in [5.41, 5.74) is 3.13. The highest BCUT2D eigenvalue weighted by Crippen LogP contribution is 2.22. The van der Waals surface area contributed by atoms with Gasteiger partial charge in [-0.05, 0) is 29.8 Å². The molecule has 0 bridgehead atoms. The van der Waals surface area contributed by atoms with Crippen molar-refractivity contribution in [3.63, 3.8) is 0 Å². The number of amides is 1. The number of nitrogens with zero attached hydrogens (tertiary/aromatic N) is 2. The molecule has 4 rings (SSSR count). The van der Waals surface area contributed by atoms with Crippen LogP contribution in [0.3, 0.4) is 0 Å². The molecule has 4 aromatic rings. The zero-order chi connectivity index (χ0) is 17.1. The van der Waals surface area contributed by atoms with Crippen LogP contribution in [0.15, 0.2) is 79.0 Å². The fraction of sp³-hybridized carbons (Fsp3) is 0.0500. The van der Waals surface area contributed by atoms with Gasteiger partial charge in [-0.1, -0.05) is 48.5 Å². The molecule has 2 heterocycles. The van der Waals surface area contributed by atoms with E-state index in [-0.39, 0.29) is 11.9 Å². The summed E-state index contributed by atoms with van der Waals surface area (Å²) in [6.07, 6.45) is 1.60. The van der Waals surface area contributed by atoms with Gasteiger partial charge in [0.05, 0.1) is 11.0 Å². The number of imidazole rings is 1. The SMILES string of the molecule is O=C(N[C@@H](c1ccccc1)c1nc2ccccc2[nH]1)c1ccccn1. The number of pyridine rings is 1. The van der Waals surface area contributed by atoms with Gasteiger partial charge in [-0.15, -0.1) is 0 Å². The Labute approximate surface area is 144 Å². The number of fused-ring (bicyclic) bond motifs is 1. The molecule has 0 fully saturated rings. The molecule has 2 aromatic heterocycles. The van der Waals surface area contributed by atoms with Crippen LogP contribution < -0.4 is 5.32 Å². The van der Waals surface area contributed by atoms with Crippen LogP contribution in [0.1, 0.15) is 27.9 Å². The van der Waals surface area contributed by atoms with Crippen LogP contribution in [0, 0.1) is 0 Å². The summed E-state index contributed by atoms with van der Waals surface area (Å²) in [5, 5.41) is 3.03. The molecule has 5 nitrogen and oxygen atoms in total. The number of aromatic nitrogens is 3. The standard InChI is InChI=1S/C20H16N4O/c25-20(17-12-6-7-13-21-17)24-18(14-8-2-1-3-9-14)19-22-15-10-4-5-11-16(15)23-19/h1-13,18H,(H,22,23)(H,24,25)/t18-/m0/s1. The van der Waals surface area contributed by atoms with Crippen molar-refractivity contribution in [2.75, 3.05) is 0 Å². The van der Waals surface area contributed by atoms with Gasteiger partial charge in [-0.3, -0.25) is 9.78 Å². The van der Waals surface area contributed by atoms with Gasteiger partial charge in [0.15, 0.2) is 0 Å². The van der Waals surface area contributed by atoms with Crippen molar-refractivity contribution in [1.29, 1.82) is 0 Å². The Bertz CT molecular complexity index is 963. The smallest absolute Gasteiger partial charge is 0.270 e. The molecule has 2 N–H and O–H groups in total. The third kappa shape index (κ3) is 3.12. The number of H-pyrrole nitrogens is 1. The van der Waals surface area contributed by atoms with Crippen LogP contribution in [0.5, 0.6) is 0 Å². The van der Waals surface area contributed by atoms with E-state index in [0.717, 1.165) is 16.6 Å². The number of hydrogen-bond donors (Lipinski definition) is 2. The molecule has 0 unspecified atom stereocenters. The normalized spacial score (nSPS) is 12.0. The third-order valence-corrected chi connectivity index (χ3v) is 3.99. The van der Waals surface area contributed by atoms with Crippen molar-refractivity contribution >= 4 is 16.9 Å². The molecule has 5 heteroatoms. The van der Waals surface area contributed by atoms with Crippen molar-refractivity contribution in [2.45, 2.75) is 6.04 Å². The first-order valence-corrected chi connectivity index (χ1v) is 8.03. The monoisotopic (exact) mass is 328 g/mol. The lowest BCUT2D eigenvalue weighted by molar-refractivity contribution is 0.0936. The van der Waals surface area contributed by atoms with Crippen molar-refractivity contribution in [1.82, 2.24) is 20.3 Å². The van der Waals surface area contributed by atoms with Gasteiger partial charge in [-0.2, -0.15) is 0 Å². The Morgan fingerprint density at radius 1 is 0.920 bits per heavy atom. The molecule has 0 radical (unpaired) electrons. The number of benzene rings is 2. The lowest BCUT2D eigenvalue weighted by Crippen LogP contribution is -2.30. The van der Waals surface area contributed by atoms with E-state index in [9.17, 15) is 4.79 Å². The fourth-order valence-corrected chi connectivity index (χ4v) is 2.77. The van der Waals surface area contributed by atoms with Crippen molar-refractivity contribution < 1.29 is 4.79 Å². The Balaban J connectivity index is 1.73. The first-order chi connectivity index (χ1) is 12.3. The maximum Gasteiger partial charge on any atom is 0.270 e. The van der Waals surface area contributed by atoms with Crippen LogP contribution in [0.25, 0.3) is 11.0 Å². The summed E-state index contributed by atoms with van der Waals surface area (Å²) in [7, 11) is 0. The first kappa shape index (κ1) is 15.1.